The fourth-order valence-corrected chi connectivity index (χ4v) is 0.600. The van der Waals surface area contributed by atoms with Crippen molar-refractivity contribution in [2.45, 2.75) is 17.3 Å². The van der Waals surface area contributed by atoms with E-state index >= 15 is 0 Å². The molecular weight excluding hydrogens is 240 g/mol. The van der Waals surface area contributed by atoms with Gasteiger partial charge in [0.05, 0.1) is 0 Å². The predicted molar refractivity (Wildman–Crippen MR) is 38.0 cm³/mol. The van der Waals surface area contributed by atoms with Crippen LogP contribution in [0.25, 0.3) is 0 Å². The minimum absolute atomic E-state index is 0.219. The Kier molecular flexibility index (Phi) is 4.56. The summed E-state index contributed by atoms with van der Waals surface area (Å²) in [4.78, 5) is 10.3. The number of ether oxygens (including phenoxy) is 1. The van der Waals surface area contributed by atoms with Crippen LogP contribution in [0, 0.1) is 0 Å². The normalized spacial score (nSPS) is 9.50. The minimum Gasteiger partial charge on any atom is -0.440 e. The molecule has 0 spiro atoms. The Morgan fingerprint density at radius 1 is 1.75 bits per heavy atom. The van der Waals surface area contributed by atoms with Gasteiger partial charge < -0.3 is 4.74 Å². The van der Waals surface area contributed by atoms with E-state index in [1.54, 1.807) is 6.92 Å². The molecule has 0 saturated carbocycles. The van der Waals surface area contributed by atoms with E-state index in [1.807, 2.05) is 0 Å². The van der Waals surface area contributed by atoms with Gasteiger partial charge in [-0.05, 0) is 31.9 Å². The molecule has 0 saturated heterocycles. The highest BCUT2D eigenvalue weighted by Crippen LogP contribution is 2.09. The van der Waals surface area contributed by atoms with E-state index in [4.69, 9.17) is 0 Å². The number of hydrogen-bond donors (Lipinski definition) is 0. The van der Waals surface area contributed by atoms with Gasteiger partial charge in [-0.15, -0.1) is 0 Å². The molecule has 0 amide bonds. The highest BCUT2D eigenvalue weighted by Gasteiger charge is 2.02. The first kappa shape index (κ1) is 8.43. The summed E-state index contributed by atoms with van der Waals surface area (Å²) in [7, 11) is 0. The van der Waals surface area contributed by atoms with Crippen LogP contribution in [-0.2, 0) is 9.53 Å². The van der Waals surface area contributed by atoms with Crippen molar-refractivity contribution in [3.63, 3.8) is 0 Å². The van der Waals surface area contributed by atoms with Crippen LogP contribution in [-0.4, -0.2) is 9.89 Å². The van der Waals surface area contributed by atoms with Gasteiger partial charge in [0.1, 0.15) is 0 Å². The summed E-state index contributed by atoms with van der Waals surface area (Å²) in [6.45, 7) is 1.74. The topological polar surface area (TPSA) is 26.3 Å². The monoisotopic (exact) mass is 244 g/mol. The van der Waals surface area contributed by atoms with Crippen molar-refractivity contribution in [1.82, 2.24) is 0 Å². The zero-order valence-corrected chi connectivity index (χ0v) is 7.53. The van der Waals surface area contributed by atoms with E-state index in [0.717, 1.165) is 0 Å². The lowest BCUT2D eigenvalue weighted by atomic mass is 10.5. The molecule has 0 fully saturated rings. The molecule has 0 aromatic carbocycles. The first-order valence-electron chi connectivity index (χ1n) is 2.14. The molecule has 0 rings (SSSR count). The van der Waals surface area contributed by atoms with Crippen LogP contribution in [0.1, 0.15) is 13.3 Å². The van der Waals surface area contributed by atoms with E-state index in [9.17, 15) is 4.79 Å². The molecule has 0 heterocycles. The maximum Gasteiger partial charge on any atom is 0.307 e. The first-order valence-corrected chi connectivity index (χ1v) is 3.97. The van der Waals surface area contributed by atoms with E-state index in [0.29, 0.717) is 6.42 Å². The second-order valence-corrected chi connectivity index (χ2v) is 4.00. The smallest absolute Gasteiger partial charge is 0.307 e. The summed E-state index contributed by atoms with van der Waals surface area (Å²) in [6.07, 6.45) is 0.410. The van der Waals surface area contributed by atoms with Crippen molar-refractivity contribution in [1.29, 1.82) is 0 Å². The molecule has 0 N–H and O–H groups in total. The molecule has 0 aromatic heterocycles. The molecule has 0 aliphatic rings. The second kappa shape index (κ2) is 4.32. The van der Waals surface area contributed by atoms with Crippen LogP contribution in [0.3, 0.4) is 0 Å². The van der Waals surface area contributed by atoms with Crippen molar-refractivity contribution < 1.29 is 9.53 Å². The van der Waals surface area contributed by atoms with E-state index in [-0.39, 0.29) is 9.89 Å². The van der Waals surface area contributed by atoms with Crippen LogP contribution >= 0.6 is 31.9 Å². The molecule has 2 nitrogen and oxygen atoms in total. The van der Waals surface area contributed by atoms with Crippen molar-refractivity contribution in [2.24, 2.45) is 0 Å². The second-order valence-electron chi connectivity index (χ2n) is 1.10. The third-order valence-electron chi connectivity index (χ3n) is 0.509. The molecule has 0 bridgehead atoms. The van der Waals surface area contributed by atoms with Gasteiger partial charge in [-0.1, -0.05) is 6.92 Å². The summed E-state index contributed by atoms with van der Waals surface area (Å²) < 4.78 is 4.25. The number of carbonyl (C=O) groups excluding carboxylic acids is 1. The quantitative estimate of drug-likeness (QED) is 0.550. The van der Waals surface area contributed by atoms with Crippen LogP contribution in [0.4, 0.5) is 0 Å². The molecule has 0 aliphatic carbocycles. The van der Waals surface area contributed by atoms with E-state index in [1.165, 1.54) is 0 Å². The highest BCUT2D eigenvalue weighted by atomic mass is 79.9. The highest BCUT2D eigenvalue weighted by molar-refractivity contribution is 9.24. The third-order valence-corrected chi connectivity index (χ3v) is 0.883. The molecule has 0 unspecified atom stereocenters. The van der Waals surface area contributed by atoms with Gasteiger partial charge in [-0.2, -0.15) is 0 Å². The lowest BCUT2D eigenvalue weighted by Crippen LogP contribution is -2.04. The number of hydrogen-bond acceptors (Lipinski definition) is 2. The number of halogens is 2. The summed E-state index contributed by atoms with van der Waals surface area (Å²) in [5, 5.41) is 0. The molecule has 48 valence electrons. The Morgan fingerprint density at radius 2 is 2.25 bits per heavy atom. The van der Waals surface area contributed by atoms with Crippen LogP contribution < -0.4 is 0 Å². The van der Waals surface area contributed by atoms with Crippen LogP contribution in [0.5, 0.6) is 0 Å². The summed E-state index contributed by atoms with van der Waals surface area (Å²) in [5.41, 5.74) is 0. The van der Waals surface area contributed by atoms with Gasteiger partial charge in [0.2, 0.25) is 3.92 Å². The van der Waals surface area contributed by atoms with Crippen molar-refractivity contribution >= 4 is 37.8 Å². The zero-order chi connectivity index (χ0) is 6.57. The average Bonchev–Trinajstić information content (AvgIpc) is 1.65. The summed E-state index contributed by atoms with van der Waals surface area (Å²) in [5.74, 6) is -0.219. The Morgan fingerprint density at radius 3 is 2.38 bits per heavy atom. The number of esters is 1. The Hall–Kier alpha value is 0.430. The first-order chi connectivity index (χ1) is 3.66. The fraction of sp³-hybridized carbons (Fsp3) is 0.750. The summed E-state index contributed by atoms with van der Waals surface area (Å²) >= 11 is 5.98. The van der Waals surface area contributed by atoms with Gasteiger partial charge >= 0.3 is 5.97 Å². The molecular formula is C4H6Br2O2. The minimum atomic E-state index is -0.345. The fourth-order valence-electron chi connectivity index (χ4n) is 0.183. The van der Waals surface area contributed by atoms with Gasteiger partial charge in [0, 0.05) is 6.42 Å². The van der Waals surface area contributed by atoms with Gasteiger partial charge in [0.25, 0.3) is 0 Å². The number of carbonyl (C=O) groups is 1. The molecule has 0 aliphatic heterocycles. The van der Waals surface area contributed by atoms with Crippen molar-refractivity contribution in [3.8, 4) is 0 Å². The van der Waals surface area contributed by atoms with Gasteiger partial charge in [0.15, 0.2) is 0 Å². The van der Waals surface area contributed by atoms with Crippen LogP contribution in [0.2, 0.25) is 0 Å². The van der Waals surface area contributed by atoms with E-state index in [2.05, 4.69) is 36.6 Å². The van der Waals surface area contributed by atoms with Crippen molar-refractivity contribution in [3.05, 3.63) is 0 Å². The molecule has 0 atom stereocenters. The average molecular weight is 246 g/mol. The molecule has 0 aromatic rings. The lowest BCUT2D eigenvalue weighted by Gasteiger charge is -2.00. The number of rotatable bonds is 2. The van der Waals surface area contributed by atoms with Crippen molar-refractivity contribution in [2.75, 3.05) is 0 Å². The van der Waals surface area contributed by atoms with Gasteiger partial charge in [-0.25, -0.2) is 0 Å². The standard InChI is InChI=1S/C4H6Br2O2/c1-2-3(7)8-4(5)6/h4H,2H2,1H3. The molecule has 4 heteroatoms. The van der Waals surface area contributed by atoms with Gasteiger partial charge in [-0.3, -0.25) is 4.79 Å². The molecule has 0 radical (unpaired) electrons. The molecule has 8 heavy (non-hydrogen) atoms. The Balaban J connectivity index is 3.25. The lowest BCUT2D eigenvalue weighted by molar-refractivity contribution is -0.141. The maximum absolute atomic E-state index is 10.3. The Labute approximate surface area is 64.8 Å². The summed E-state index contributed by atoms with van der Waals surface area (Å²) in [6, 6.07) is 0. The SMILES string of the molecule is CCC(=O)OC(Br)Br. The largest absolute Gasteiger partial charge is 0.440 e. The zero-order valence-electron chi connectivity index (χ0n) is 4.36. The predicted octanol–water partition coefficient (Wildman–Crippen LogP) is 2.01. The maximum atomic E-state index is 10.3. The Bertz CT molecular complexity index is 82.1. The van der Waals surface area contributed by atoms with E-state index < -0.39 is 0 Å². The number of alkyl halides is 2. The van der Waals surface area contributed by atoms with Crippen LogP contribution in [0.15, 0.2) is 0 Å². The third kappa shape index (κ3) is 4.59.